The Balaban J connectivity index is 0.000000168. The molecule has 0 aliphatic carbocycles. The maximum absolute atomic E-state index is 10.5. The molecule has 4 rings (SSSR count). The Morgan fingerprint density at radius 2 is 1.78 bits per heavy atom. The molecule has 5 nitrogen and oxygen atoms in total. The quantitative estimate of drug-likeness (QED) is 0.766. The molecule has 146 valence electrons. The summed E-state index contributed by atoms with van der Waals surface area (Å²) in [5.41, 5.74) is 3.83. The maximum atomic E-state index is 10.5. The van der Waals surface area contributed by atoms with Gasteiger partial charge in [-0.3, -0.25) is 4.55 Å². The van der Waals surface area contributed by atoms with Gasteiger partial charge in [-0.15, -0.1) is 0 Å². The SMILES string of the molecule is CC1(C)CCc2cc(C3CNC3)ccc2O1.Cc1ccc(S(=O)(=O)O)cc1. The van der Waals surface area contributed by atoms with Crippen molar-refractivity contribution in [2.75, 3.05) is 13.1 Å². The maximum Gasteiger partial charge on any atom is 0.294 e. The van der Waals surface area contributed by atoms with E-state index in [0.29, 0.717) is 0 Å². The van der Waals surface area contributed by atoms with E-state index in [1.165, 1.54) is 23.3 Å². The van der Waals surface area contributed by atoms with Crippen molar-refractivity contribution in [3.05, 3.63) is 59.2 Å². The Morgan fingerprint density at radius 3 is 2.33 bits per heavy atom. The summed E-state index contributed by atoms with van der Waals surface area (Å²) in [4.78, 5) is -0.0666. The number of hydrogen-bond acceptors (Lipinski definition) is 4. The molecule has 0 spiro atoms. The molecule has 1 saturated heterocycles. The fourth-order valence-electron chi connectivity index (χ4n) is 3.17. The summed E-state index contributed by atoms with van der Waals surface area (Å²) in [7, 11) is -4.02. The van der Waals surface area contributed by atoms with E-state index in [-0.39, 0.29) is 10.5 Å². The number of fused-ring (bicyclic) bond motifs is 1. The lowest BCUT2D eigenvalue weighted by Crippen LogP contribution is -2.40. The lowest BCUT2D eigenvalue weighted by atomic mass is 9.88. The van der Waals surface area contributed by atoms with E-state index in [4.69, 9.17) is 9.29 Å². The molecule has 0 amide bonds. The second-order valence-corrected chi connectivity index (χ2v) is 9.29. The van der Waals surface area contributed by atoms with E-state index in [2.05, 4.69) is 37.4 Å². The number of hydrogen-bond donors (Lipinski definition) is 2. The molecule has 27 heavy (non-hydrogen) atoms. The zero-order valence-electron chi connectivity index (χ0n) is 16.0. The number of ether oxygens (including phenoxy) is 1. The van der Waals surface area contributed by atoms with E-state index in [1.807, 2.05) is 6.92 Å². The van der Waals surface area contributed by atoms with Gasteiger partial charge in [0.1, 0.15) is 11.4 Å². The highest BCUT2D eigenvalue weighted by Gasteiger charge is 2.27. The minimum atomic E-state index is -4.02. The van der Waals surface area contributed by atoms with E-state index >= 15 is 0 Å². The zero-order valence-corrected chi connectivity index (χ0v) is 16.8. The number of aryl methyl sites for hydroxylation is 2. The first-order valence-electron chi connectivity index (χ1n) is 9.21. The number of benzene rings is 2. The van der Waals surface area contributed by atoms with Crippen LogP contribution in [0.2, 0.25) is 0 Å². The molecule has 0 radical (unpaired) electrons. The fraction of sp³-hybridized carbons (Fsp3) is 0.429. The normalized spacial score (nSPS) is 18.4. The molecule has 2 aliphatic rings. The number of nitrogens with one attached hydrogen (secondary N) is 1. The van der Waals surface area contributed by atoms with Crippen LogP contribution in [-0.4, -0.2) is 31.7 Å². The average molecular weight is 390 g/mol. The molecule has 2 aromatic carbocycles. The van der Waals surface area contributed by atoms with Gasteiger partial charge in [-0.25, -0.2) is 0 Å². The second kappa shape index (κ2) is 7.62. The summed E-state index contributed by atoms with van der Waals surface area (Å²) in [6, 6.07) is 12.7. The van der Waals surface area contributed by atoms with Crippen molar-refractivity contribution in [1.82, 2.24) is 5.32 Å². The molecule has 0 aromatic heterocycles. The molecule has 2 N–H and O–H groups in total. The highest BCUT2D eigenvalue weighted by molar-refractivity contribution is 7.85. The first-order valence-corrected chi connectivity index (χ1v) is 10.6. The zero-order chi connectivity index (χ0) is 19.7. The van der Waals surface area contributed by atoms with Crippen LogP contribution in [0.3, 0.4) is 0 Å². The first-order chi connectivity index (χ1) is 12.6. The summed E-state index contributed by atoms with van der Waals surface area (Å²) in [6.07, 6.45) is 2.27. The Labute approximate surface area is 161 Å². The topological polar surface area (TPSA) is 75.6 Å². The van der Waals surface area contributed by atoms with Gasteiger partial charge in [-0.2, -0.15) is 8.42 Å². The van der Waals surface area contributed by atoms with Crippen LogP contribution < -0.4 is 10.1 Å². The predicted molar refractivity (Wildman–Crippen MR) is 106 cm³/mol. The van der Waals surface area contributed by atoms with E-state index in [9.17, 15) is 8.42 Å². The fourth-order valence-corrected chi connectivity index (χ4v) is 3.65. The van der Waals surface area contributed by atoms with Crippen LogP contribution in [0.4, 0.5) is 0 Å². The summed E-state index contributed by atoms with van der Waals surface area (Å²) < 4.78 is 35.5. The summed E-state index contributed by atoms with van der Waals surface area (Å²) in [5, 5.41) is 3.32. The molecule has 2 heterocycles. The van der Waals surface area contributed by atoms with Gasteiger partial charge in [0.05, 0.1) is 4.90 Å². The average Bonchev–Trinajstić information content (AvgIpc) is 2.53. The number of rotatable bonds is 2. The van der Waals surface area contributed by atoms with Gasteiger partial charge >= 0.3 is 0 Å². The minimum absolute atomic E-state index is 0.00649. The van der Waals surface area contributed by atoms with Crippen molar-refractivity contribution >= 4 is 10.1 Å². The van der Waals surface area contributed by atoms with Gasteiger partial charge in [0.15, 0.2) is 0 Å². The molecular formula is C21H27NO4S. The van der Waals surface area contributed by atoms with Gasteiger partial charge in [0.25, 0.3) is 10.1 Å². The van der Waals surface area contributed by atoms with Crippen LogP contribution in [0, 0.1) is 6.92 Å². The van der Waals surface area contributed by atoms with Crippen molar-refractivity contribution in [3.8, 4) is 5.75 Å². The summed E-state index contributed by atoms with van der Waals surface area (Å²) in [6.45, 7) is 8.43. The van der Waals surface area contributed by atoms with Crippen LogP contribution in [0.15, 0.2) is 47.4 Å². The Morgan fingerprint density at radius 1 is 1.11 bits per heavy atom. The van der Waals surface area contributed by atoms with Gasteiger partial charge in [0.2, 0.25) is 0 Å². The van der Waals surface area contributed by atoms with Gasteiger partial charge in [0, 0.05) is 19.0 Å². The third-order valence-electron chi connectivity index (χ3n) is 5.04. The Bertz CT molecular complexity index is 900. The van der Waals surface area contributed by atoms with Crippen LogP contribution in [0.1, 0.15) is 42.9 Å². The highest BCUT2D eigenvalue weighted by Crippen LogP contribution is 2.35. The summed E-state index contributed by atoms with van der Waals surface area (Å²) >= 11 is 0. The van der Waals surface area contributed by atoms with E-state index in [0.717, 1.165) is 43.2 Å². The largest absolute Gasteiger partial charge is 0.488 e. The molecule has 0 unspecified atom stereocenters. The van der Waals surface area contributed by atoms with Crippen molar-refractivity contribution in [1.29, 1.82) is 0 Å². The van der Waals surface area contributed by atoms with Crippen molar-refractivity contribution in [2.45, 2.75) is 50.0 Å². The Kier molecular flexibility index (Phi) is 5.60. The lowest BCUT2D eigenvalue weighted by Gasteiger charge is -2.34. The highest BCUT2D eigenvalue weighted by atomic mass is 32.2. The summed E-state index contributed by atoms with van der Waals surface area (Å²) in [5.74, 6) is 1.81. The monoisotopic (exact) mass is 389 g/mol. The molecule has 0 bridgehead atoms. The molecule has 2 aromatic rings. The standard InChI is InChI=1S/C14H19NO.C7H8O3S/c1-14(2)6-5-11-7-10(12-8-15-9-12)3-4-13(11)16-14;1-6-2-4-7(5-3-6)11(8,9)10/h3-4,7,12,15H,5-6,8-9H2,1-2H3;2-5H,1H3,(H,8,9,10). The van der Waals surface area contributed by atoms with E-state index < -0.39 is 10.1 Å². The van der Waals surface area contributed by atoms with Crippen LogP contribution >= 0.6 is 0 Å². The third-order valence-corrected chi connectivity index (χ3v) is 5.91. The molecular weight excluding hydrogens is 362 g/mol. The Hall–Kier alpha value is -1.89. The molecule has 2 aliphatic heterocycles. The minimum Gasteiger partial charge on any atom is -0.488 e. The van der Waals surface area contributed by atoms with Crippen molar-refractivity contribution in [3.63, 3.8) is 0 Å². The van der Waals surface area contributed by atoms with Gasteiger partial charge in [-0.1, -0.05) is 29.8 Å². The van der Waals surface area contributed by atoms with Crippen LogP contribution in [0.25, 0.3) is 0 Å². The third kappa shape index (κ3) is 5.09. The molecule has 6 heteroatoms. The van der Waals surface area contributed by atoms with Gasteiger partial charge < -0.3 is 10.1 Å². The molecule has 0 atom stereocenters. The smallest absolute Gasteiger partial charge is 0.294 e. The van der Waals surface area contributed by atoms with Gasteiger partial charge in [-0.05, 0) is 62.9 Å². The van der Waals surface area contributed by atoms with Crippen LogP contribution in [0.5, 0.6) is 5.75 Å². The van der Waals surface area contributed by atoms with E-state index in [1.54, 1.807) is 12.1 Å². The molecule has 0 saturated carbocycles. The second-order valence-electron chi connectivity index (χ2n) is 7.87. The van der Waals surface area contributed by atoms with Crippen molar-refractivity contribution in [2.24, 2.45) is 0 Å². The predicted octanol–water partition coefficient (Wildman–Crippen LogP) is 3.72. The van der Waals surface area contributed by atoms with Crippen LogP contribution in [-0.2, 0) is 16.5 Å². The lowest BCUT2D eigenvalue weighted by molar-refractivity contribution is 0.0846. The molecule has 1 fully saturated rings. The van der Waals surface area contributed by atoms with Crippen molar-refractivity contribution < 1.29 is 17.7 Å². The first kappa shape index (κ1) is 19.9.